The highest BCUT2D eigenvalue weighted by atomic mass is 16.7. The van der Waals surface area contributed by atoms with Gasteiger partial charge < -0.3 is 39.7 Å². The van der Waals surface area contributed by atoms with E-state index in [1.165, 1.54) is 0 Å². The van der Waals surface area contributed by atoms with Gasteiger partial charge in [0.1, 0.15) is 30.5 Å². The molecule has 1 saturated carbocycles. The minimum Gasteiger partial charge on any atom is -0.462 e. The van der Waals surface area contributed by atoms with Crippen molar-refractivity contribution >= 4 is 5.97 Å². The largest absolute Gasteiger partial charge is 0.462 e. The average Bonchev–Trinajstić information content (AvgIpc) is 3.05. The predicted molar refractivity (Wildman–Crippen MR) is 80.9 cm³/mol. The van der Waals surface area contributed by atoms with Gasteiger partial charge in [-0.05, 0) is 18.3 Å². The van der Waals surface area contributed by atoms with Gasteiger partial charge in [-0.2, -0.15) is 0 Å². The van der Waals surface area contributed by atoms with E-state index < -0.39 is 49.2 Å². The first-order valence-corrected chi connectivity index (χ1v) is 8.62. The average molecular weight is 362 g/mol. The lowest BCUT2D eigenvalue weighted by Gasteiger charge is -2.40. The summed E-state index contributed by atoms with van der Waals surface area (Å²) in [6.45, 7) is 1.30. The van der Waals surface area contributed by atoms with Crippen LogP contribution in [0.1, 0.15) is 13.3 Å². The lowest BCUT2D eigenvalue weighted by atomic mass is 9.83. The molecular weight excluding hydrogens is 336 g/mol. The number of hydrogen-bond donors (Lipinski definition) is 5. The van der Waals surface area contributed by atoms with E-state index in [1.54, 1.807) is 0 Å². The van der Waals surface area contributed by atoms with E-state index in [0.29, 0.717) is 6.42 Å². The predicted octanol–water partition coefficient (Wildman–Crippen LogP) is -2.39. The van der Waals surface area contributed by atoms with Crippen LogP contribution < -0.4 is 0 Å². The molecule has 9 nitrogen and oxygen atoms in total. The Hall–Kier alpha value is -0.810. The van der Waals surface area contributed by atoms with Crippen molar-refractivity contribution < 1.29 is 44.5 Å². The fraction of sp³-hybridized carbons (Fsp3) is 0.938. The molecule has 0 spiro atoms. The molecule has 5 N–H and O–H groups in total. The summed E-state index contributed by atoms with van der Waals surface area (Å²) in [7, 11) is 0. The topological polar surface area (TPSA) is 146 Å². The Morgan fingerprint density at radius 1 is 1.12 bits per heavy atom. The molecule has 0 bridgehead atoms. The number of aliphatic hydroxyl groups excluding tert-OH is 5. The van der Waals surface area contributed by atoms with Gasteiger partial charge in [0, 0.05) is 12.5 Å². The van der Waals surface area contributed by atoms with Gasteiger partial charge >= 0.3 is 5.97 Å². The van der Waals surface area contributed by atoms with Gasteiger partial charge in [0.2, 0.25) is 0 Å². The molecule has 3 aliphatic rings. The summed E-state index contributed by atoms with van der Waals surface area (Å²) in [5, 5.41) is 48.3. The maximum atomic E-state index is 12.1. The van der Waals surface area contributed by atoms with Crippen LogP contribution in [0, 0.1) is 23.7 Å². The molecule has 2 heterocycles. The summed E-state index contributed by atoms with van der Waals surface area (Å²) in [5.74, 6) is -1.02. The van der Waals surface area contributed by atoms with Crippen LogP contribution in [0.5, 0.6) is 0 Å². The molecule has 9 heteroatoms. The third-order valence-electron chi connectivity index (χ3n) is 5.79. The van der Waals surface area contributed by atoms with Crippen LogP contribution in [0.15, 0.2) is 0 Å². The monoisotopic (exact) mass is 362 g/mol. The van der Waals surface area contributed by atoms with E-state index in [0.717, 1.165) is 0 Å². The second-order valence-electron chi connectivity index (χ2n) is 7.25. The third-order valence-corrected chi connectivity index (χ3v) is 5.79. The van der Waals surface area contributed by atoms with Crippen molar-refractivity contribution in [2.45, 2.75) is 50.2 Å². The van der Waals surface area contributed by atoms with Crippen molar-refractivity contribution in [3.05, 3.63) is 0 Å². The van der Waals surface area contributed by atoms with E-state index in [2.05, 4.69) is 0 Å². The standard InChI is InChI=1S/C16H26O9/c1-6-2-9-11(7(6)3-17)8(15(22)24-9)5-23-16-14(21)13(20)12(19)10(4-18)25-16/h6-14,16-21H,2-5H2,1H3/t6-,7+,8-,9-,10+,11-,12+,13-,14+,16+/m0/s1. The van der Waals surface area contributed by atoms with Crippen LogP contribution in [0.4, 0.5) is 0 Å². The maximum absolute atomic E-state index is 12.1. The molecule has 1 aliphatic carbocycles. The summed E-state index contributed by atoms with van der Waals surface area (Å²) in [4.78, 5) is 12.1. The lowest BCUT2D eigenvalue weighted by molar-refractivity contribution is -0.303. The minimum atomic E-state index is -1.53. The second-order valence-corrected chi connectivity index (χ2v) is 7.25. The van der Waals surface area contributed by atoms with Crippen LogP contribution in [-0.4, -0.2) is 88.1 Å². The molecule has 25 heavy (non-hydrogen) atoms. The fourth-order valence-corrected chi connectivity index (χ4v) is 4.32. The minimum absolute atomic E-state index is 0.0461. The van der Waals surface area contributed by atoms with Crippen LogP contribution >= 0.6 is 0 Å². The molecule has 0 unspecified atom stereocenters. The Bertz CT molecular complexity index is 484. The highest BCUT2D eigenvalue weighted by molar-refractivity contribution is 5.75. The number of carbonyl (C=O) groups is 1. The Morgan fingerprint density at radius 2 is 1.84 bits per heavy atom. The molecule has 0 amide bonds. The molecule has 0 aromatic rings. The third kappa shape index (κ3) is 3.30. The van der Waals surface area contributed by atoms with E-state index >= 15 is 0 Å². The summed E-state index contributed by atoms with van der Waals surface area (Å²) >= 11 is 0. The normalized spacial score (nSPS) is 49.9. The molecule has 10 atom stereocenters. The van der Waals surface area contributed by atoms with Crippen molar-refractivity contribution in [1.82, 2.24) is 0 Å². The summed E-state index contributed by atoms with van der Waals surface area (Å²) in [6, 6.07) is 0. The molecule has 0 radical (unpaired) electrons. The number of aliphatic hydroxyl groups is 5. The van der Waals surface area contributed by atoms with E-state index in [-0.39, 0.29) is 37.1 Å². The zero-order valence-electron chi connectivity index (χ0n) is 14.0. The van der Waals surface area contributed by atoms with Gasteiger partial charge in [-0.1, -0.05) is 6.92 Å². The van der Waals surface area contributed by atoms with Gasteiger partial charge in [-0.25, -0.2) is 0 Å². The van der Waals surface area contributed by atoms with Gasteiger partial charge in [-0.15, -0.1) is 0 Å². The fourth-order valence-electron chi connectivity index (χ4n) is 4.32. The molecule has 0 aromatic heterocycles. The Morgan fingerprint density at radius 3 is 2.48 bits per heavy atom. The Kier molecular flexibility index (Phi) is 5.64. The second kappa shape index (κ2) is 7.43. The highest BCUT2D eigenvalue weighted by Gasteiger charge is 2.55. The van der Waals surface area contributed by atoms with Crippen LogP contribution in [0.2, 0.25) is 0 Å². The SMILES string of the molecule is C[C@H]1C[C@@H]2OC(=O)[C@@H](CO[C@@H]3O[C@H](CO)[C@@H](O)[C@H](O)[C@H]3O)[C@@H]2[C@@H]1CO. The molecule has 3 rings (SSSR count). The summed E-state index contributed by atoms with van der Waals surface area (Å²) < 4.78 is 16.2. The lowest BCUT2D eigenvalue weighted by Crippen LogP contribution is -2.59. The maximum Gasteiger partial charge on any atom is 0.312 e. The molecule has 2 aliphatic heterocycles. The number of esters is 1. The molecular formula is C16H26O9. The smallest absolute Gasteiger partial charge is 0.312 e. The van der Waals surface area contributed by atoms with Gasteiger partial charge in [0.15, 0.2) is 6.29 Å². The van der Waals surface area contributed by atoms with E-state index in [9.17, 15) is 30.3 Å². The van der Waals surface area contributed by atoms with Gasteiger partial charge in [0.05, 0.1) is 19.1 Å². The summed E-state index contributed by atoms with van der Waals surface area (Å²) in [6.07, 6.45) is -6.41. The number of hydrogen-bond acceptors (Lipinski definition) is 9. The number of rotatable bonds is 5. The van der Waals surface area contributed by atoms with Crippen molar-refractivity contribution in [2.75, 3.05) is 19.8 Å². The van der Waals surface area contributed by atoms with E-state index in [4.69, 9.17) is 14.2 Å². The first-order chi connectivity index (χ1) is 11.9. The number of fused-ring (bicyclic) bond motifs is 1. The number of carbonyl (C=O) groups excluding carboxylic acids is 1. The molecule has 3 fully saturated rings. The Labute approximate surface area is 145 Å². The molecule has 0 aromatic carbocycles. The highest BCUT2D eigenvalue weighted by Crippen LogP contribution is 2.47. The van der Waals surface area contributed by atoms with Crippen molar-refractivity contribution in [1.29, 1.82) is 0 Å². The van der Waals surface area contributed by atoms with Crippen molar-refractivity contribution in [3.8, 4) is 0 Å². The zero-order chi connectivity index (χ0) is 18.3. The van der Waals surface area contributed by atoms with Crippen LogP contribution in [0.25, 0.3) is 0 Å². The number of ether oxygens (including phenoxy) is 3. The zero-order valence-corrected chi connectivity index (χ0v) is 14.0. The van der Waals surface area contributed by atoms with Gasteiger partial charge in [0.25, 0.3) is 0 Å². The molecule has 2 saturated heterocycles. The van der Waals surface area contributed by atoms with Crippen molar-refractivity contribution in [2.24, 2.45) is 23.7 Å². The van der Waals surface area contributed by atoms with Crippen molar-refractivity contribution in [3.63, 3.8) is 0 Å². The van der Waals surface area contributed by atoms with Crippen LogP contribution in [-0.2, 0) is 19.0 Å². The first-order valence-electron chi connectivity index (χ1n) is 8.62. The van der Waals surface area contributed by atoms with Gasteiger partial charge in [-0.3, -0.25) is 4.79 Å². The first kappa shape index (κ1) is 19.0. The quantitative estimate of drug-likeness (QED) is 0.338. The summed E-state index contributed by atoms with van der Waals surface area (Å²) in [5.41, 5.74) is 0. The van der Waals surface area contributed by atoms with Crippen LogP contribution in [0.3, 0.4) is 0 Å². The van der Waals surface area contributed by atoms with E-state index in [1.807, 2.05) is 6.92 Å². The Balaban J connectivity index is 1.65. The molecule has 144 valence electrons.